The topological polar surface area (TPSA) is 40.5 Å². The molecule has 1 N–H and O–H groups in total. The minimum atomic E-state index is -0.577. The molecule has 2 rings (SSSR count). The van der Waals surface area contributed by atoms with Gasteiger partial charge in [-0.3, -0.25) is 9.69 Å². The molecule has 0 bridgehead atoms. The molecule has 2 aliphatic carbocycles. The van der Waals surface area contributed by atoms with Crippen molar-refractivity contribution in [2.24, 2.45) is 5.92 Å². The summed E-state index contributed by atoms with van der Waals surface area (Å²) in [7, 11) is 0. The molecule has 0 aromatic carbocycles. The third-order valence-electron chi connectivity index (χ3n) is 4.35. The van der Waals surface area contributed by atoms with Crippen molar-refractivity contribution in [3.8, 4) is 0 Å². The van der Waals surface area contributed by atoms with Crippen molar-refractivity contribution in [2.45, 2.75) is 63.8 Å². The lowest BCUT2D eigenvalue weighted by Crippen LogP contribution is -2.56. The van der Waals surface area contributed by atoms with Gasteiger partial charge in [0.2, 0.25) is 0 Å². The number of aliphatic carboxylic acids is 1. The van der Waals surface area contributed by atoms with Crippen LogP contribution in [0.1, 0.15) is 58.3 Å². The number of hydrogen-bond donors (Lipinski definition) is 1. The molecule has 98 valence electrons. The Morgan fingerprint density at radius 1 is 1.29 bits per heavy atom. The molecule has 0 saturated heterocycles. The zero-order valence-corrected chi connectivity index (χ0v) is 11.0. The quantitative estimate of drug-likeness (QED) is 0.774. The van der Waals surface area contributed by atoms with Gasteiger partial charge < -0.3 is 5.11 Å². The van der Waals surface area contributed by atoms with Crippen LogP contribution in [0.2, 0.25) is 0 Å². The van der Waals surface area contributed by atoms with Crippen LogP contribution in [0.4, 0.5) is 0 Å². The maximum atomic E-state index is 11.8. The van der Waals surface area contributed by atoms with Crippen molar-refractivity contribution in [2.75, 3.05) is 13.1 Å². The number of nitrogens with zero attached hydrogens (tertiary/aromatic N) is 1. The molecule has 0 amide bonds. The zero-order chi connectivity index (χ0) is 12.3. The molecular weight excluding hydrogens is 214 g/mol. The Bertz CT molecular complexity index is 267. The first-order chi connectivity index (χ1) is 8.19. The van der Waals surface area contributed by atoms with Crippen LogP contribution in [0.5, 0.6) is 0 Å². The van der Waals surface area contributed by atoms with Crippen molar-refractivity contribution < 1.29 is 9.90 Å². The van der Waals surface area contributed by atoms with E-state index >= 15 is 0 Å². The lowest BCUT2D eigenvalue weighted by atomic mass is 9.80. The Labute approximate surface area is 104 Å². The molecule has 2 aliphatic rings. The number of hydrogen-bond acceptors (Lipinski definition) is 2. The number of rotatable bonds is 6. The summed E-state index contributed by atoms with van der Waals surface area (Å²) in [6.07, 6.45) is 8.74. The van der Waals surface area contributed by atoms with Gasteiger partial charge in [-0.25, -0.2) is 0 Å². The smallest absolute Gasteiger partial charge is 0.324 e. The fraction of sp³-hybridized carbons (Fsp3) is 0.929. The van der Waals surface area contributed by atoms with Gasteiger partial charge in [0.15, 0.2) is 0 Å². The van der Waals surface area contributed by atoms with Gasteiger partial charge in [-0.2, -0.15) is 0 Å². The highest BCUT2D eigenvalue weighted by molar-refractivity contribution is 5.79. The Morgan fingerprint density at radius 2 is 1.94 bits per heavy atom. The highest BCUT2D eigenvalue weighted by Gasteiger charge is 2.45. The van der Waals surface area contributed by atoms with Crippen LogP contribution >= 0.6 is 0 Å². The monoisotopic (exact) mass is 239 g/mol. The minimum Gasteiger partial charge on any atom is -0.480 e. The van der Waals surface area contributed by atoms with E-state index in [2.05, 4.69) is 11.8 Å². The van der Waals surface area contributed by atoms with E-state index in [0.29, 0.717) is 0 Å². The van der Waals surface area contributed by atoms with Crippen LogP contribution in [0.15, 0.2) is 0 Å². The molecule has 2 saturated carbocycles. The van der Waals surface area contributed by atoms with E-state index in [1.807, 2.05) is 0 Å². The molecule has 0 heterocycles. The second-order valence-corrected chi connectivity index (χ2v) is 5.79. The Kier molecular flexibility index (Phi) is 4.08. The highest BCUT2D eigenvalue weighted by atomic mass is 16.4. The van der Waals surface area contributed by atoms with Gasteiger partial charge >= 0.3 is 5.97 Å². The van der Waals surface area contributed by atoms with Gasteiger partial charge in [-0.05, 0) is 44.6 Å². The van der Waals surface area contributed by atoms with E-state index in [1.54, 1.807) is 0 Å². The molecule has 0 aromatic rings. The molecule has 0 aliphatic heterocycles. The Balaban J connectivity index is 2.11. The normalized spacial score (nSPS) is 23.9. The fourth-order valence-corrected chi connectivity index (χ4v) is 3.16. The van der Waals surface area contributed by atoms with E-state index in [4.69, 9.17) is 0 Å². The number of carboxylic acids is 1. The summed E-state index contributed by atoms with van der Waals surface area (Å²) >= 11 is 0. The van der Waals surface area contributed by atoms with Gasteiger partial charge in [-0.15, -0.1) is 0 Å². The molecule has 0 aromatic heterocycles. The molecule has 17 heavy (non-hydrogen) atoms. The average molecular weight is 239 g/mol. The van der Waals surface area contributed by atoms with Crippen LogP contribution in [0, 0.1) is 5.92 Å². The predicted octanol–water partition coefficient (Wildman–Crippen LogP) is 2.90. The summed E-state index contributed by atoms with van der Waals surface area (Å²) in [6, 6.07) is 0. The Morgan fingerprint density at radius 3 is 2.41 bits per heavy atom. The molecule has 2 fully saturated rings. The molecule has 3 heteroatoms. The average Bonchev–Trinajstić information content (AvgIpc) is 3.13. The van der Waals surface area contributed by atoms with E-state index in [-0.39, 0.29) is 0 Å². The van der Waals surface area contributed by atoms with Crippen molar-refractivity contribution in [1.29, 1.82) is 0 Å². The summed E-state index contributed by atoms with van der Waals surface area (Å²) < 4.78 is 0. The van der Waals surface area contributed by atoms with Crippen molar-refractivity contribution in [3.05, 3.63) is 0 Å². The fourth-order valence-electron chi connectivity index (χ4n) is 3.16. The van der Waals surface area contributed by atoms with Gasteiger partial charge in [0, 0.05) is 6.54 Å². The summed E-state index contributed by atoms with van der Waals surface area (Å²) in [5, 5.41) is 9.68. The van der Waals surface area contributed by atoms with Crippen LogP contribution in [-0.4, -0.2) is 34.6 Å². The molecular formula is C14H25NO2. The van der Waals surface area contributed by atoms with Crippen LogP contribution < -0.4 is 0 Å². The summed E-state index contributed by atoms with van der Waals surface area (Å²) in [4.78, 5) is 14.1. The first-order valence-corrected chi connectivity index (χ1v) is 7.17. The lowest BCUT2D eigenvalue weighted by molar-refractivity contribution is -0.154. The van der Waals surface area contributed by atoms with Gasteiger partial charge in [0.05, 0.1) is 0 Å². The maximum Gasteiger partial charge on any atom is 0.324 e. The first-order valence-electron chi connectivity index (χ1n) is 7.17. The lowest BCUT2D eigenvalue weighted by Gasteiger charge is -2.43. The van der Waals surface area contributed by atoms with Crippen molar-refractivity contribution >= 4 is 5.97 Å². The SMILES string of the molecule is CCCN(CC1CC1)C1(C(=O)O)CCCCC1. The second kappa shape index (κ2) is 5.38. The predicted molar refractivity (Wildman–Crippen MR) is 68.0 cm³/mol. The standard InChI is InChI=1S/C14H25NO2/c1-2-10-15(11-12-6-7-12)14(13(16)17)8-4-3-5-9-14/h12H,2-11H2,1H3,(H,16,17). The summed E-state index contributed by atoms with van der Waals surface area (Å²) in [5.74, 6) is 0.200. The third kappa shape index (κ3) is 2.82. The highest BCUT2D eigenvalue weighted by Crippen LogP contribution is 2.38. The van der Waals surface area contributed by atoms with Crippen molar-refractivity contribution in [1.82, 2.24) is 4.90 Å². The summed E-state index contributed by atoms with van der Waals surface area (Å²) in [5.41, 5.74) is -0.531. The Hall–Kier alpha value is -0.570. The van der Waals surface area contributed by atoms with Gasteiger partial charge in [0.1, 0.15) is 5.54 Å². The molecule has 0 atom stereocenters. The molecule has 3 nitrogen and oxygen atoms in total. The molecule has 0 spiro atoms. The maximum absolute atomic E-state index is 11.8. The number of carbonyl (C=O) groups is 1. The molecule has 0 unspecified atom stereocenters. The largest absolute Gasteiger partial charge is 0.480 e. The first kappa shape index (κ1) is 12.9. The summed E-state index contributed by atoms with van der Waals surface area (Å²) in [6.45, 7) is 4.11. The minimum absolute atomic E-state index is 0.531. The van der Waals surface area contributed by atoms with Crippen LogP contribution in [0.3, 0.4) is 0 Å². The van der Waals surface area contributed by atoms with Crippen LogP contribution in [0.25, 0.3) is 0 Å². The van der Waals surface area contributed by atoms with Gasteiger partial charge in [-0.1, -0.05) is 26.2 Å². The third-order valence-corrected chi connectivity index (χ3v) is 4.35. The van der Waals surface area contributed by atoms with E-state index < -0.39 is 11.5 Å². The number of carboxylic acid groups (broad SMARTS) is 1. The van der Waals surface area contributed by atoms with E-state index in [1.165, 1.54) is 19.3 Å². The van der Waals surface area contributed by atoms with E-state index in [0.717, 1.165) is 51.1 Å². The van der Waals surface area contributed by atoms with E-state index in [9.17, 15) is 9.90 Å². The van der Waals surface area contributed by atoms with Crippen LogP contribution in [-0.2, 0) is 4.79 Å². The van der Waals surface area contributed by atoms with Gasteiger partial charge in [0.25, 0.3) is 0 Å². The zero-order valence-electron chi connectivity index (χ0n) is 11.0. The second-order valence-electron chi connectivity index (χ2n) is 5.79. The van der Waals surface area contributed by atoms with Crippen molar-refractivity contribution in [3.63, 3.8) is 0 Å². The molecule has 0 radical (unpaired) electrons.